The first-order chi connectivity index (χ1) is 33.5. The van der Waals surface area contributed by atoms with Crippen LogP contribution in [-0.4, -0.2) is 15.0 Å². The van der Waals surface area contributed by atoms with Crippen molar-refractivity contribution in [2.45, 2.75) is 77.0 Å². The maximum atomic E-state index is 10.2. The quantitative estimate of drug-likeness (QED) is 0.116. The van der Waals surface area contributed by atoms with Gasteiger partial charge in [-0.25, -0.2) is 0 Å². The number of aryl methyl sites for hydroxylation is 3. The molecule has 4 aliphatic carbocycles. The highest BCUT2D eigenvalue weighted by atomic mass is 16.3. The number of hydrogen-bond acceptors (Lipinski definition) is 4. The van der Waals surface area contributed by atoms with Gasteiger partial charge in [-0.2, -0.15) is 0 Å². The molecular formula is C61H55N3O. The summed E-state index contributed by atoms with van der Waals surface area (Å²) in [5.74, 6) is 0.247. The molecule has 4 heteroatoms. The van der Waals surface area contributed by atoms with E-state index in [-0.39, 0.29) is 24.2 Å². The van der Waals surface area contributed by atoms with Gasteiger partial charge in [0.05, 0.1) is 17.1 Å². The maximum Gasteiger partial charge on any atom is 0.144 e. The molecular weight excluding hydrogens is 791 g/mol. The summed E-state index contributed by atoms with van der Waals surface area (Å²) in [6.07, 6.45) is 9.37. The second kappa shape index (κ2) is 16.4. The highest BCUT2D eigenvalue weighted by Gasteiger charge is 2.62. The zero-order valence-corrected chi connectivity index (χ0v) is 36.7. The lowest BCUT2D eigenvalue weighted by Crippen LogP contribution is -2.57. The molecule has 320 valence electrons. The fourth-order valence-corrected chi connectivity index (χ4v) is 12.5. The van der Waals surface area contributed by atoms with E-state index < -0.39 is 23.6 Å². The smallest absolute Gasteiger partial charge is 0.144 e. The van der Waals surface area contributed by atoms with Crippen LogP contribution in [0.2, 0.25) is 0 Å². The molecule has 0 aliphatic heterocycles. The van der Waals surface area contributed by atoms with Crippen molar-refractivity contribution in [3.05, 3.63) is 199 Å². The Morgan fingerprint density at radius 2 is 0.985 bits per heavy atom. The van der Waals surface area contributed by atoms with Crippen LogP contribution < -0.4 is 0 Å². The number of hydrogen-bond donors (Lipinski definition) is 0. The predicted octanol–water partition coefficient (Wildman–Crippen LogP) is 15.6. The van der Waals surface area contributed by atoms with Gasteiger partial charge in [0.25, 0.3) is 0 Å². The highest BCUT2D eigenvalue weighted by Crippen LogP contribution is 2.73. The van der Waals surface area contributed by atoms with E-state index in [1.54, 1.807) is 0 Å². The standard InChI is InChI=1S/C61H55N3O/c1-4-11-47(12-5-1)50-22-23-51-52-17-10-18-53(58(52)65-57(51)33-50)56-26-21-45(39-64-56)29-32-61-36-46-34-59(41-61,30-27-43-19-24-54(62-37-43)48-13-6-2-7-14-48)40-60(35-46,42-61)31-28-44-20-25-55(63-38-44)49-15-8-3-9-16-49/h1-26,33,37-39,46H,27-32,34-36,40-42H2/i30D2,32D2. The normalized spacial score (nSPS) is 23.5. The Hall–Kier alpha value is -6.65. The van der Waals surface area contributed by atoms with E-state index in [2.05, 4.69) is 66.7 Å². The van der Waals surface area contributed by atoms with Crippen molar-refractivity contribution in [1.82, 2.24) is 15.0 Å². The number of nitrogens with zero attached hydrogens (tertiary/aromatic N) is 3. The van der Waals surface area contributed by atoms with Crippen molar-refractivity contribution in [3.8, 4) is 44.9 Å². The Morgan fingerprint density at radius 1 is 0.462 bits per heavy atom. The molecule has 4 heterocycles. The van der Waals surface area contributed by atoms with Crippen molar-refractivity contribution in [3.63, 3.8) is 0 Å². The lowest BCUT2D eigenvalue weighted by atomic mass is 9.37. The molecule has 4 fully saturated rings. The van der Waals surface area contributed by atoms with Crippen LogP contribution in [0.3, 0.4) is 0 Å². The fraction of sp³-hybridized carbons (Fsp3) is 0.262. The molecule has 4 nitrogen and oxygen atoms in total. The van der Waals surface area contributed by atoms with Crippen LogP contribution in [0.15, 0.2) is 187 Å². The van der Waals surface area contributed by atoms with Crippen LogP contribution in [0.25, 0.3) is 66.8 Å². The lowest BCUT2D eigenvalue weighted by Gasteiger charge is -2.67. The van der Waals surface area contributed by atoms with E-state index in [0.29, 0.717) is 6.42 Å². The number of aromatic nitrogens is 3. The van der Waals surface area contributed by atoms with E-state index in [1.165, 1.54) is 5.56 Å². The van der Waals surface area contributed by atoms with Gasteiger partial charge in [-0.3, -0.25) is 15.0 Å². The SMILES string of the molecule is [2H]C([2H])(Cc1ccc(-c2ccccc2)nc1)C12CC3CC(CCc4ccc(-c5ccccc5)nc4)(C1)CC(C([2H])([2H])Cc1ccc(-c4cccc5c4oc4cc(-c6ccccc6)ccc45)nc1)(C3)C2. The molecule has 5 aromatic carbocycles. The van der Waals surface area contributed by atoms with Crippen LogP contribution in [0.5, 0.6) is 0 Å². The Bertz CT molecular complexity index is 3290. The molecule has 4 aromatic heterocycles. The molecule has 4 unspecified atom stereocenters. The minimum absolute atomic E-state index is 0.192. The minimum Gasteiger partial charge on any atom is -0.455 e. The lowest BCUT2D eigenvalue weighted by molar-refractivity contribution is -0.166. The Kier molecular flexibility index (Phi) is 9.00. The van der Waals surface area contributed by atoms with E-state index in [0.717, 1.165) is 123 Å². The minimum atomic E-state index is -1.60. The van der Waals surface area contributed by atoms with Crippen molar-refractivity contribution in [2.24, 2.45) is 22.2 Å². The topological polar surface area (TPSA) is 51.8 Å². The van der Waals surface area contributed by atoms with Crippen LogP contribution in [0.1, 0.15) is 79.9 Å². The van der Waals surface area contributed by atoms with Gasteiger partial charge in [0.15, 0.2) is 0 Å². The third-order valence-electron chi connectivity index (χ3n) is 15.0. The molecule has 4 saturated carbocycles. The van der Waals surface area contributed by atoms with Crippen molar-refractivity contribution in [1.29, 1.82) is 0 Å². The molecule has 9 aromatic rings. The van der Waals surface area contributed by atoms with Gasteiger partial charge in [0.2, 0.25) is 0 Å². The van der Waals surface area contributed by atoms with E-state index in [1.807, 2.05) is 116 Å². The number of pyridine rings is 3. The second-order valence-electron chi connectivity index (χ2n) is 19.5. The fourth-order valence-electron chi connectivity index (χ4n) is 12.5. The summed E-state index contributed by atoms with van der Waals surface area (Å²) in [4.78, 5) is 14.7. The summed E-state index contributed by atoms with van der Waals surface area (Å²) < 4.78 is 47.2. The van der Waals surface area contributed by atoms with Gasteiger partial charge >= 0.3 is 0 Å². The van der Waals surface area contributed by atoms with Crippen molar-refractivity contribution >= 4 is 21.9 Å². The van der Waals surface area contributed by atoms with Gasteiger partial charge in [-0.1, -0.05) is 127 Å². The third-order valence-corrected chi connectivity index (χ3v) is 15.0. The van der Waals surface area contributed by atoms with E-state index in [4.69, 9.17) is 19.4 Å². The van der Waals surface area contributed by atoms with Gasteiger partial charge < -0.3 is 4.42 Å². The first-order valence-corrected chi connectivity index (χ1v) is 23.4. The van der Waals surface area contributed by atoms with Crippen molar-refractivity contribution in [2.75, 3.05) is 0 Å². The number of furan rings is 1. The summed E-state index contributed by atoms with van der Waals surface area (Å²) in [5.41, 5.74) is 10.8. The number of rotatable bonds is 13. The predicted molar refractivity (Wildman–Crippen MR) is 265 cm³/mol. The molecule has 0 saturated heterocycles. The zero-order valence-electron chi connectivity index (χ0n) is 40.7. The van der Waals surface area contributed by atoms with Gasteiger partial charge in [0, 0.05) is 51.5 Å². The van der Waals surface area contributed by atoms with Crippen LogP contribution in [-0.2, 0) is 19.3 Å². The first-order valence-electron chi connectivity index (χ1n) is 25.4. The molecule has 4 bridgehead atoms. The van der Waals surface area contributed by atoms with Gasteiger partial charge in [-0.05, 0) is 163 Å². The van der Waals surface area contributed by atoms with Crippen LogP contribution >= 0.6 is 0 Å². The summed E-state index contributed by atoms with van der Waals surface area (Å²) in [7, 11) is 0. The molecule has 0 amide bonds. The summed E-state index contributed by atoms with van der Waals surface area (Å²) in [6.45, 7) is 0. The summed E-state index contributed by atoms with van der Waals surface area (Å²) in [6, 6.07) is 55.7. The average molecular weight is 850 g/mol. The number of para-hydroxylation sites is 1. The van der Waals surface area contributed by atoms with Gasteiger partial charge in [-0.15, -0.1) is 0 Å². The van der Waals surface area contributed by atoms with Gasteiger partial charge in [0.1, 0.15) is 11.2 Å². The molecule has 0 radical (unpaired) electrons. The largest absolute Gasteiger partial charge is 0.455 e. The summed E-state index contributed by atoms with van der Waals surface area (Å²) >= 11 is 0. The zero-order chi connectivity index (χ0) is 46.9. The molecule has 13 rings (SSSR count). The van der Waals surface area contributed by atoms with Crippen LogP contribution in [0.4, 0.5) is 0 Å². The maximum absolute atomic E-state index is 10.2. The average Bonchev–Trinajstić information content (AvgIpc) is 3.75. The summed E-state index contributed by atoms with van der Waals surface area (Å²) in [5, 5.41) is 2.09. The Labute approximate surface area is 388 Å². The first kappa shape index (κ1) is 35.7. The molecule has 4 atom stereocenters. The van der Waals surface area contributed by atoms with E-state index >= 15 is 0 Å². The Morgan fingerprint density at radius 3 is 1.55 bits per heavy atom. The Balaban J connectivity index is 0.841. The van der Waals surface area contributed by atoms with E-state index in [9.17, 15) is 5.48 Å². The van der Waals surface area contributed by atoms with Crippen molar-refractivity contribution < 1.29 is 9.90 Å². The van der Waals surface area contributed by atoms with Crippen LogP contribution in [0, 0.1) is 22.2 Å². The monoisotopic (exact) mass is 849 g/mol. The molecule has 0 N–H and O–H groups in total. The second-order valence-corrected chi connectivity index (χ2v) is 19.5. The highest BCUT2D eigenvalue weighted by molar-refractivity contribution is 6.10. The molecule has 0 spiro atoms. The number of fused-ring (bicyclic) bond motifs is 3. The third kappa shape index (κ3) is 7.88. The number of benzene rings is 5. The molecule has 65 heavy (non-hydrogen) atoms. The molecule has 4 aliphatic rings.